The minimum Gasteiger partial charge on any atom is -0.444 e. The zero-order valence-electron chi connectivity index (χ0n) is 14.8. The van der Waals surface area contributed by atoms with Gasteiger partial charge in [0.15, 0.2) is 5.65 Å². The van der Waals surface area contributed by atoms with Crippen LogP contribution in [0.5, 0.6) is 0 Å². The Morgan fingerprint density at radius 1 is 1.22 bits per heavy atom. The van der Waals surface area contributed by atoms with Gasteiger partial charge in [-0.25, -0.2) is 14.5 Å². The number of aromatic nitrogens is 6. The van der Waals surface area contributed by atoms with Crippen LogP contribution in [0.15, 0.2) is 52.1 Å². The van der Waals surface area contributed by atoms with Crippen molar-refractivity contribution in [3.63, 3.8) is 0 Å². The van der Waals surface area contributed by atoms with Gasteiger partial charge in [-0.15, -0.1) is 0 Å². The first-order valence-corrected chi connectivity index (χ1v) is 8.63. The molecule has 4 aromatic heterocycles. The average Bonchev–Trinajstić information content (AvgIpc) is 3.38. The number of benzene rings is 1. The Labute approximate surface area is 153 Å². The molecule has 8 heteroatoms. The van der Waals surface area contributed by atoms with Crippen LogP contribution in [0.2, 0.25) is 0 Å². The maximum Gasteiger partial charge on any atom is 0.273 e. The molecule has 5 rings (SSSR count). The molecule has 0 amide bonds. The Morgan fingerprint density at radius 3 is 2.89 bits per heavy atom. The van der Waals surface area contributed by atoms with Crippen molar-refractivity contribution in [2.24, 2.45) is 0 Å². The van der Waals surface area contributed by atoms with E-state index in [1.165, 1.54) is 10.6 Å². The van der Waals surface area contributed by atoms with Gasteiger partial charge >= 0.3 is 0 Å². The van der Waals surface area contributed by atoms with Gasteiger partial charge in [0.1, 0.15) is 6.26 Å². The van der Waals surface area contributed by atoms with Crippen LogP contribution in [-0.2, 0) is 6.54 Å². The topological polar surface area (TPSA) is 94.0 Å². The third kappa shape index (κ3) is 2.37. The molecule has 8 nitrogen and oxygen atoms in total. The summed E-state index contributed by atoms with van der Waals surface area (Å²) in [6.07, 6.45) is 5.07. The summed E-state index contributed by atoms with van der Waals surface area (Å²) in [6.45, 7) is 4.70. The molecule has 0 spiro atoms. The van der Waals surface area contributed by atoms with Gasteiger partial charge in [-0.05, 0) is 26.0 Å². The highest BCUT2D eigenvalue weighted by Crippen LogP contribution is 2.26. The highest BCUT2D eigenvalue weighted by Gasteiger charge is 2.16. The predicted octanol–water partition coefficient (Wildman–Crippen LogP) is 3.02. The molecule has 1 aromatic carbocycles. The van der Waals surface area contributed by atoms with Crippen molar-refractivity contribution >= 4 is 16.6 Å². The summed E-state index contributed by atoms with van der Waals surface area (Å²) in [7, 11) is 0. The van der Waals surface area contributed by atoms with E-state index < -0.39 is 0 Å². The van der Waals surface area contributed by atoms with Crippen LogP contribution in [0.3, 0.4) is 0 Å². The van der Waals surface area contributed by atoms with Gasteiger partial charge in [-0.1, -0.05) is 6.07 Å². The molecule has 0 atom stereocenters. The molecule has 0 aliphatic heterocycles. The van der Waals surface area contributed by atoms with E-state index >= 15 is 0 Å². The number of H-pyrrole nitrogens is 1. The summed E-state index contributed by atoms with van der Waals surface area (Å²) < 4.78 is 8.79. The Morgan fingerprint density at radius 2 is 2.11 bits per heavy atom. The zero-order valence-corrected chi connectivity index (χ0v) is 14.8. The SMILES string of the molecule is CCn1ncc2cc(-c3cc(=O)n4[nH]cc(-c5nc(C)co5)c4n3)ccc21. The fraction of sp³-hybridized carbons (Fsp3) is 0.158. The van der Waals surface area contributed by atoms with Crippen molar-refractivity contribution in [1.29, 1.82) is 0 Å². The lowest BCUT2D eigenvalue weighted by molar-refractivity contribution is 0.574. The van der Waals surface area contributed by atoms with Crippen LogP contribution in [-0.4, -0.2) is 29.4 Å². The number of aryl methyl sites for hydroxylation is 2. The van der Waals surface area contributed by atoms with E-state index in [0.717, 1.165) is 28.7 Å². The average molecular weight is 360 g/mol. The van der Waals surface area contributed by atoms with Gasteiger partial charge in [0.25, 0.3) is 5.56 Å². The first kappa shape index (κ1) is 15.6. The number of rotatable bonds is 3. The molecule has 0 saturated heterocycles. The van der Waals surface area contributed by atoms with Crippen molar-refractivity contribution < 1.29 is 4.42 Å². The summed E-state index contributed by atoms with van der Waals surface area (Å²) in [5.41, 5.74) is 4.18. The molecular formula is C19H16N6O2. The van der Waals surface area contributed by atoms with E-state index in [1.807, 2.05) is 36.0 Å². The van der Waals surface area contributed by atoms with Crippen LogP contribution in [0.25, 0.3) is 39.3 Å². The fourth-order valence-corrected chi connectivity index (χ4v) is 3.26. The number of nitrogens with zero attached hydrogens (tertiary/aromatic N) is 5. The van der Waals surface area contributed by atoms with Gasteiger partial charge in [-0.3, -0.25) is 14.6 Å². The molecule has 0 bridgehead atoms. The number of hydrogen-bond donors (Lipinski definition) is 1. The van der Waals surface area contributed by atoms with Crippen molar-refractivity contribution in [2.75, 3.05) is 0 Å². The minimum absolute atomic E-state index is 0.200. The van der Waals surface area contributed by atoms with Crippen LogP contribution in [0.1, 0.15) is 12.6 Å². The van der Waals surface area contributed by atoms with E-state index in [4.69, 9.17) is 9.40 Å². The molecular weight excluding hydrogens is 344 g/mol. The lowest BCUT2D eigenvalue weighted by Crippen LogP contribution is -2.14. The number of aromatic amines is 1. The Kier molecular flexibility index (Phi) is 3.27. The van der Waals surface area contributed by atoms with E-state index in [2.05, 4.69) is 22.1 Å². The molecule has 0 aliphatic carbocycles. The summed E-state index contributed by atoms with van der Waals surface area (Å²) in [5, 5.41) is 8.29. The highest BCUT2D eigenvalue weighted by atomic mass is 16.3. The second-order valence-corrected chi connectivity index (χ2v) is 6.35. The molecule has 0 saturated carbocycles. The van der Waals surface area contributed by atoms with Crippen LogP contribution < -0.4 is 5.56 Å². The second kappa shape index (κ2) is 5.66. The van der Waals surface area contributed by atoms with E-state index in [0.29, 0.717) is 22.8 Å². The maximum absolute atomic E-state index is 12.6. The van der Waals surface area contributed by atoms with Crippen molar-refractivity contribution in [3.05, 3.63) is 59.0 Å². The van der Waals surface area contributed by atoms with Crippen molar-refractivity contribution in [3.8, 4) is 22.7 Å². The third-order valence-electron chi connectivity index (χ3n) is 4.58. The molecule has 0 fully saturated rings. The molecule has 4 heterocycles. The van der Waals surface area contributed by atoms with Gasteiger partial charge in [0.2, 0.25) is 5.89 Å². The van der Waals surface area contributed by atoms with Gasteiger partial charge < -0.3 is 4.42 Å². The molecule has 0 aliphatic rings. The van der Waals surface area contributed by atoms with E-state index in [9.17, 15) is 4.79 Å². The summed E-state index contributed by atoms with van der Waals surface area (Å²) in [6, 6.07) is 7.46. The van der Waals surface area contributed by atoms with E-state index in [1.54, 1.807) is 12.5 Å². The smallest absolute Gasteiger partial charge is 0.273 e. The predicted molar refractivity (Wildman–Crippen MR) is 100 cm³/mol. The number of oxazole rings is 1. The monoisotopic (exact) mass is 360 g/mol. The van der Waals surface area contributed by atoms with Crippen molar-refractivity contribution in [2.45, 2.75) is 20.4 Å². The zero-order chi connectivity index (χ0) is 18.5. The Balaban J connectivity index is 1.70. The third-order valence-corrected chi connectivity index (χ3v) is 4.58. The van der Waals surface area contributed by atoms with Gasteiger partial charge in [0, 0.05) is 29.8 Å². The molecule has 1 N–H and O–H groups in total. The molecule has 27 heavy (non-hydrogen) atoms. The van der Waals surface area contributed by atoms with Crippen molar-refractivity contribution in [1.82, 2.24) is 29.4 Å². The molecule has 0 radical (unpaired) electrons. The first-order chi connectivity index (χ1) is 13.1. The lowest BCUT2D eigenvalue weighted by Gasteiger charge is -2.04. The summed E-state index contributed by atoms with van der Waals surface area (Å²) >= 11 is 0. The molecule has 5 aromatic rings. The normalized spacial score (nSPS) is 11.6. The standard InChI is InChI=1S/C19H16N6O2/c1-3-24-16-5-4-12(6-13(16)8-20-24)15-7-17(26)25-18(23-15)14(9-21-25)19-22-11(2)10-27-19/h4-10,21H,3H2,1-2H3. The molecule has 134 valence electrons. The Hall–Kier alpha value is -3.68. The number of fused-ring (bicyclic) bond motifs is 2. The minimum atomic E-state index is -0.200. The van der Waals surface area contributed by atoms with Crippen LogP contribution >= 0.6 is 0 Å². The van der Waals surface area contributed by atoms with Gasteiger partial charge in [-0.2, -0.15) is 5.10 Å². The quantitative estimate of drug-likeness (QED) is 0.534. The number of nitrogens with one attached hydrogen (secondary N) is 1. The Bertz CT molecular complexity index is 1350. The molecule has 0 unspecified atom stereocenters. The largest absolute Gasteiger partial charge is 0.444 e. The number of hydrogen-bond acceptors (Lipinski definition) is 5. The summed E-state index contributed by atoms with van der Waals surface area (Å²) in [4.78, 5) is 21.6. The fourth-order valence-electron chi connectivity index (χ4n) is 3.26. The van der Waals surface area contributed by atoms with Gasteiger partial charge in [0.05, 0.1) is 28.7 Å². The second-order valence-electron chi connectivity index (χ2n) is 6.35. The first-order valence-electron chi connectivity index (χ1n) is 8.63. The lowest BCUT2D eigenvalue weighted by atomic mass is 10.1. The van der Waals surface area contributed by atoms with Crippen LogP contribution in [0, 0.1) is 6.92 Å². The summed E-state index contributed by atoms with van der Waals surface area (Å²) in [5.74, 6) is 0.426. The maximum atomic E-state index is 12.6. The van der Waals surface area contributed by atoms with E-state index in [-0.39, 0.29) is 5.56 Å². The van der Waals surface area contributed by atoms with Crippen LogP contribution in [0.4, 0.5) is 0 Å². The highest BCUT2D eigenvalue weighted by molar-refractivity contribution is 5.84.